The Kier molecular flexibility index (Phi) is 13.9. The van der Waals surface area contributed by atoms with Crippen molar-refractivity contribution in [2.75, 3.05) is 24.2 Å². The second-order valence-electron chi connectivity index (χ2n) is 7.54. The van der Waals surface area contributed by atoms with Gasteiger partial charge in [0, 0.05) is 18.8 Å². The van der Waals surface area contributed by atoms with Gasteiger partial charge in [0.2, 0.25) is 0 Å². The highest BCUT2D eigenvalue weighted by Gasteiger charge is 2.11. The number of nitrogens with one attached hydrogen (secondary N) is 2. The number of unbranched alkanes of at least 4 members (excludes halogenated alkanes) is 8. The fraction of sp³-hybridized carbons (Fsp3) is 0.609. The number of amides is 1. The first kappa shape index (κ1) is 26.2. The molecule has 0 aromatic heterocycles. The number of hydrogen-bond donors (Lipinski definition) is 3. The van der Waals surface area contributed by atoms with Crippen molar-refractivity contribution in [2.45, 2.75) is 71.1 Å². The number of anilines is 1. The molecule has 0 saturated heterocycles. The van der Waals surface area contributed by atoms with Gasteiger partial charge in [0.15, 0.2) is 0 Å². The first-order chi connectivity index (χ1) is 14.4. The van der Waals surface area contributed by atoms with Gasteiger partial charge < -0.3 is 10.6 Å². The zero-order valence-electron chi connectivity index (χ0n) is 18.2. The second-order valence-corrected chi connectivity index (χ2v) is 9.11. The third kappa shape index (κ3) is 13.4. The second kappa shape index (κ2) is 15.9. The topological polar surface area (TPSA) is 95.5 Å². The summed E-state index contributed by atoms with van der Waals surface area (Å²) in [7, 11) is -4.08. The first-order valence-corrected chi connectivity index (χ1v) is 12.8. The summed E-state index contributed by atoms with van der Waals surface area (Å²) < 4.78 is 30.3. The number of hydrogen-bond acceptors (Lipinski definition) is 4. The van der Waals surface area contributed by atoms with Crippen molar-refractivity contribution in [3.63, 3.8) is 0 Å². The Balaban J connectivity index is 2.20. The Morgan fingerprint density at radius 2 is 1.57 bits per heavy atom. The maximum atomic E-state index is 12.2. The molecule has 0 saturated carbocycles. The molecule has 0 unspecified atom stereocenters. The molecule has 3 N–H and O–H groups in total. The van der Waals surface area contributed by atoms with E-state index in [0.717, 1.165) is 25.8 Å². The van der Waals surface area contributed by atoms with Crippen molar-refractivity contribution < 1.29 is 17.8 Å². The predicted octanol–water partition coefficient (Wildman–Crippen LogP) is 5.19. The predicted molar refractivity (Wildman–Crippen MR) is 125 cm³/mol. The zero-order chi connectivity index (χ0) is 22.1. The highest BCUT2D eigenvalue weighted by molar-refractivity contribution is 7.85. The van der Waals surface area contributed by atoms with Crippen molar-refractivity contribution in [1.82, 2.24) is 5.32 Å². The smallest absolute Gasteiger partial charge is 0.266 e. The molecular weight excluding hydrogens is 400 g/mol. The van der Waals surface area contributed by atoms with Gasteiger partial charge in [0.25, 0.3) is 16.0 Å². The molecule has 170 valence electrons. The summed E-state index contributed by atoms with van der Waals surface area (Å²) in [5.74, 6) is -0.865. The van der Waals surface area contributed by atoms with Crippen LogP contribution in [0, 0.1) is 0 Å². The quantitative estimate of drug-likeness (QED) is 0.177. The molecule has 0 radical (unpaired) electrons. The molecule has 0 heterocycles. The van der Waals surface area contributed by atoms with Gasteiger partial charge in [0.1, 0.15) is 0 Å². The lowest BCUT2D eigenvalue weighted by molar-refractivity contribution is 0.0957. The number of carbonyl (C=O) groups excluding carboxylic acids is 1. The van der Waals surface area contributed by atoms with E-state index >= 15 is 0 Å². The molecule has 1 aromatic rings. The largest absolute Gasteiger partial charge is 0.384 e. The maximum absolute atomic E-state index is 12.2. The van der Waals surface area contributed by atoms with E-state index in [1.54, 1.807) is 12.1 Å². The molecule has 30 heavy (non-hydrogen) atoms. The third-order valence-corrected chi connectivity index (χ3v) is 5.54. The number of rotatable bonds is 17. The van der Waals surface area contributed by atoms with Crippen LogP contribution in [0.15, 0.2) is 36.4 Å². The highest BCUT2D eigenvalue weighted by Crippen LogP contribution is 2.15. The SMILES string of the molecule is CCCCCCCCCC=CCCCNc1ccccc1C(=O)NCCS(=O)(=O)O. The van der Waals surface area contributed by atoms with Crippen molar-refractivity contribution >= 4 is 21.7 Å². The summed E-state index contributed by atoms with van der Waals surface area (Å²) in [6.07, 6.45) is 16.9. The van der Waals surface area contributed by atoms with Gasteiger partial charge in [-0.1, -0.05) is 69.7 Å². The average molecular weight is 439 g/mol. The van der Waals surface area contributed by atoms with Gasteiger partial charge in [-0.25, -0.2) is 0 Å². The van der Waals surface area contributed by atoms with Crippen LogP contribution in [0.2, 0.25) is 0 Å². The lowest BCUT2D eigenvalue weighted by atomic mass is 10.1. The minimum Gasteiger partial charge on any atom is -0.384 e. The van der Waals surface area contributed by atoms with Crippen LogP contribution < -0.4 is 10.6 Å². The van der Waals surface area contributed by atoms with E-state index in [2.05, 4.69) is 29.7 Å². The van der Waals surface area contributed by atoms with Gasteiger partial charge in [-0.3, -0.25) is 9.35 Å². The van der Waals surface area contributed by atoms with Gasteiger partial charge in [-0.2, -0.15) is 8.42 Å². The minimum atomic E-state index is -4.08. The van der Waals surface area contributed by atoms with E-state index in [9.17, 15) is 13.2 Å². The minimum absolute atomic E-state index is 0.129. The summed E-state index contributed by atoms with van der Waals surface area (Å²) in [5, 5.41) is 5.79. The standard InChI is InChI=1S/C23H38N2O4S/c1-2-3-4-5-6-7-8-9-10-11-12-15-18-24-22-17-14-13-16-21(22)23(26)25-19-20-30(27,28)29/h10-11,13-14,16-17,24H,2-9,12,15,18-20H2,1H3,(H,25,26)(H,27,28,29). The number of benzene rings is 1. The van der Waals surface area contributed by atoms with Gasteiger partial charge in [-0.15, -0.1) is 0 Å². The highest BCUT2D eigenvalue weighted by atomic mass is 32.2. The van der Waals surface area contributed by atoms with Gasteiger partial charge in [-0.05, 0) is 37.8 Å². The number of carbonyl (C=O) groups is 1. The van der Waals surface area contributed by atoms with Crippen LogP contribution in [0.3, 0.4) is 0 Å². The van der Waals surface area contributed by atoms with Crippen molar-refractivity contribution in [1.29, 1.82) is 0 Å². The van der Waals surface area contributed by atoms with E-state index in [0.29, 0.717) is 11.3 Å². The van der Waals surface area contributed by atoms with Crippen molar-refractivity contribution in [3.05, 3.63) is 42.0 Å². The summed E-state index contributed by atoms with van der Waals surface area (Å²) in [5.41, 5.74) is 1.18. The van der Waals surface area contributed by atoms with E-state index < -0.39 is 15.9 Å². The number of para-hydroxylation sites is 1. The summed E-state index contributed by atoms with van der Waals surface area (Å²) >= 11 is 0. The Morgan fingerprint density at radius 3 is 2.27 bits per heavy atom. The summed E-state index contributed by atoms with van der Waals surface area (Å²) in [6.45, 7) is 2.86. The van der Waals surface area contributed by atoms with Gasteiger partial charge >= 0.3 is 0 Å². The zero-order valence-corrected chi connectivity index (χ0v) is 19.1. The molecule has 7 heteroatoms. The molecule has 0 aliphatic heterocycles. The Morgan fingerprint density at radius 1 is 0.933 bits per heavy atom. The van der Waals surface area contributed by atoms with E-state index in [1.165, 1.54) is 44.9 Å². The lowest BCUT2D eigenvalue weighted by Gasteiger charge is -2.11. The van der Waals surface area contributed by atoms with Crippen LogP contribution in [0.1, 0.15) is 81.5 Å². The average Bonchev–Trinajstić information content (AvgIpc) is 2.70. The van der Waals surface area contributed by atoms with Crippen LogP contribution in [0.4, 0.5) is 5.69 Å². The monoisotopic (exact) mass is 438 g/mol. The molecule has 6 nitrogen and oxygen atoms in total. The van der Waals surface area contributed by atoms with Crippen LogP contribution in [0.5, 0.6) is 0 Å². The van der Waals surface area contributed by atoms with Crippen LogP contribution in [-0.4, -0.2) is 37.7 Å². The van der Waals surface area contributed by atoms with E-state index in [-0.39, 0.29) is 12.5 Å². The maximum Gasteiger partial charge on any atom is 0.266 e. The fourth-order valence-electron chi connectivity index (χ4n) is 3.12. The molecule has 0 aliphatic rings. The van der Waals surface area contributed by atoms with E-state index in [4.69, 9.17) is 4.55 Å². The van der Waals surface area contributed by atoms with Crippen molar-refractivity contribution in [3.8, 4) is 0 Å². The summed E-state index contributed by atoms with van der Waals surface area (Å²) in [6, 6.07) is 7.12. The normalized spacial score (nSPS) is 11.7. The third-order valence-electron chi connectivity index (χ3n) is 4.82. The Bertz CT molecular complexity index is 732. The van der Waals surface area contributed by atoms with Crippen LogP contribution >= 0.6 is 0 Å². The number of allylic oxidation sites excluding steroid dienone is 2. The van der Waals surface area contributed by atoms with Crippen molar-refractivity contribution in [2.24, 2.45) is 0 Å². The molecule has 0 aliphatic carbocycles. The van der Waals surface area contributed by atoms with Crippen LogP contribution in [-0.2, 0) is 10.1 Å². The fourth-order valence-corrected chi connectivity index (χ4v) is 3.48. The molecule has 1 amide bonds. The molecular formula is C23H38N2O4S. The molecule has 1 aromatic carbocycles. The Hall–Kier alpha value is -1.86. The molecule has 0 fully saturated rings. The molecule has 1 rings (SSSR count). The molecule has 0 bridgehead atoms. The molecule has 0 spiro atoms. The first-order valence-electron chi connectivity index (χ1n) is 11.2. The molecule has 0 atom stereocenters. The van der Waals surface area contributed by atoms with Crippen LogP contribution in [0.25, 0.3) is 0 Å². The lowest BCUT2D eigenvalue weighted by Crippen LogP contribution is -2.29. The van der Waals surface area contributed by atoms with Gasteiger partial charge in [0.05, 0.1) is 11.3 Å². The van der Waals surface area contributed by atoms with E-state index in [1.807, 2.05) is 12.1 Å². The Labute approximate surface area is 182 Å². The summed E-state index contributed by atoms with van der Waals surface area (Å²) in [4.78, 5) is 12.2.